The average molecular weight is 410 g/mol. The highest BCUT2D eigenvalue weighted by Crippen LogP contribution is 2.42. The maximum Gasteiger partial charge on any atom is 0.257 e. The number of hydrogen-bond donors (Lipinski definition) is 0. The third-order valence-electron chi connectivity index (χ3n) is 6.48. The second-order valence-corrected chi connectivity index (χ2v) is 8.50. The molecule has 0 unspecified atom stereocenters. The van der Waals surface area contributed by atoms with Crippen molar-refractivity contribution in [1.29, 1.82) is 0 Å². The van der Waals surface area contributed by atoms with Gasteiger partial charge in [0.2, 0.25) is 5.91 Å². The molecule has 4 rings (SSSR count). The van der Waals surface area contributed by atoms with Gasteiger partial charge in [0.25, 0.3) is 5.91 Å². The lowest BCUT2D eigenvalue weighted by molar-refractivity contribution is -0.128. The number of carbonyl (C=O) groups excluding carboxylic acids is 2. The summed E-state index contributed by atoms with van der Waals surface area (Å²) >= 11 is 0. The first kappa shape index (κ1) is 20.4. The molecule has 2 fully saturated rings. The molecule has 2 amide bonds. The van der Waals surface area contributed by atoms with Crippen LogP contribution in [0, 0.1) is 18.2 Å². The lowest BCUT2D eigenvalue weighted by atomic mass is 9.77. The Labute approximate surface area is 176 Å². The van der Waals surface area contributed by atoms with Gasteiger partial charge in [0.15, 0.2) is 0 Å². The van der Waals surface area contributed by atoms with Crippen molar-refractivity contribution in [2.45, 2.75) is 32.7 Å². The highest BCUT2D eigenvalue weighted by atomic mass is 19.1. The normalized spacial score (nSPS) is 18.2. The Bertz CT molecular complexity index is 929. The summed E-state index contributed by atoms with van der Waals surface area (Å²) < 4.78 is 19.4. The van der Waals surface area contributed by atoms with Crippen molar-refractivity contribution in [3.8, 4) is 5.75 Å². The van der Waals surface area contributed by atoms with Gasteiger partial charge in [-0.25, -0.2) is 4.39 Å². The summed E-state index contributed by atoms with van der Waals surface area (Å²) in [4.78, 5) is 29.2. The van der Waals surface area contributed by atoms with E-state index in [-0.39, 0.29) is 22.8 Å². The molecular formula is C24H27FN2O3. The molecule has 2 aromatic rings. The molecule has 6 heteroatoms. The van der Waals surface area contributed by atoms with Crippen molar-refractivity contribution < 1.29 is 18.7 Å². The predicted octanol–water partition coefficient (Wildman–Crippen LogP) is 3.80. The molecule has 0 radical (unpaired) electrons. The predicted molar refractivity (Wildman–Crippen MR) is 112 cm³/mol. The molecule has 0 bridgehead atoms. The van der Waals surface area contributed by atoms with Crippen molar-refractivity contribution in [1.82, 2.24) is 9.80 Å². The van der Waals surface area contributed by atoms with Crippen molar-refractivity contribution in [3.05, 3.63) is 65.0 Å². The summed E-state index contributed by atoms with van der Waals surface area (Å²) in [5.41, 5.74) is 1.80. The van der Waals surface area contributed by atoms with E-state index in [1.54, 1.807) is 31.1 Å². The van der Waals surface area contributed by atoms with Gasteiger partial charge in [-0.2, -0.15) is 0 Å². The number of aryl methyl sites for hydroxylation is 1. The third-order valence-corrected chi connectivity index (χ3v) is 6.48. The van der Waals surface area contributed by atoms with Gasteiger partial charge in [-0.1, -0.05) is 24.3 Å². The van der Waals surface area contributed by atoms with Gasteiger partial charge in [0.05, 0.1) is 12.7 Å². The van der Waals surface area contributed by atoms with E-state index in [0.717, 1.165) is 24.2 Å². The maximum absolute atomic E-state index is 14.2. The fourth-order valence-electron chi connectivity index (χ4n) is 4.66. The zero-order valence-electron chi connectivity index (χ0n) is 17.5. The average Bonchev–Trinajstić information content (AvgIpc) is 3.03. The molecule has 2 saturated heterocycles. The number of hydrogen-bond acceptors (Lipinski definition) is 3. The number of amides is 2. The van der Waals surface area contributed by atoms with E-state index >= 15 is 0 Å². The van der Waals surface area contributed by atoms with Crippen LogP contribution in [0.3, 0.4) is 0 Å². The molecule has 0 atom stereocenters. The Balaban J connectivity index is 1.39. The summed E-state index contributed by atoms with van der Waals surface area (Å²) in [5.74, 6) is 0.238. The minimum atomic E-state index is -0.470. The quantitative estimate of drug-likeness (QED) is 0.771. The monoisotopic (exact) mass is 410 g/mol. The van der Waals surface area contributed by atoms with E-state index in [1.165, 1.54) is 6.07 Å². The van der Waals surface area contributed by atoms with Crippen molar-refractivity contribution in [2.75, 3.05) is 26.7 Å². The van der Waals surface area contributed by atoms with Gasteiger partial charge in [-0.15, -0.1) is 0 Å². The molecule has 30 heavy (non-hydrogen) atoms. The fourth-order valence-corrected chi connectivity index (χ4v) is 4.66. The van der Waals surface area contributed by atoms with E-state index in [1.807, 2.05) is 29.2 Å². The lowest BCUT2D eigenvalue weighted by Gasteiger charge is -2.39. The van der Waals surface area contributed by atoms with E-state index in [0.29, 0.717) is 38.2 Å². The van der Waals surface area contributed by atoms with Crippen LogP contribution in [-0.4, -0.2) is 48.4 Å². The standard InChI is InChI=1S/C24H27FN2O3/c1-17-4-3-5-20(25)22(17)23(29)26-12-10-24(11-13-26)14-21(28)27(16-24)15-18-6-8-19(30-2)9-7-18/h3-9H,10-16H2,1-2H3. The van der Waals surface area contributed by atoms with Crippen LogP contribution in [0.15, 0.2) is 42.5 Å². The van der Waals surface area contributed by atoms with Crippen molar-refractivity contribution in [2.24, 2.45) is 5.41 Å². The number of ether oxygens (including phenoxy) is 1. The van der Waals surface area contributed by atoms with Gasteiger partial charge in [-0.05, 0) is 49.1 Å². The number of halogens is 1. The Morgan fingerprint density at radius 2 is 1.83 bits per heavy atom. The van der Waals surface area contributed by atoms with Crippen LogP contribution >= 0.6 is 0 Å². The number of benzene rings is 2. The Morgan fingerprint density at radius 1 is 1.13 bits per heavy atom. The van der Waals surface area contributed by atoms with Crippen LogP contribution in [0.25, 0.3) is 0 Å². The number of carbonyl (C=O) groups is 2. The first-order chi connectivity index (χ1) is 14.4. The maximum atomic E-state index is 14.2. The summed E-state index contributed by atoms with van der Waals surface area (Å²) in [7, 11) is 1.63. The third kappa shape index (κ3) is 3.91. The molecule has 5 nitrogen and oxygen atoms in total. The van der Waals surface area contributed by atoms with Crippen LogP contribution in [0.5, 0.6) is 5.75 Å². The molecule has 0 saturated carbocycles. The first-order valence-corrected chi connectivity index (χ1v) is 10.4. The molecule has 2 heterocycles. The fraction of sp³-hybridized carbons (Fsp3) is 0.417. The van der Waals surface area contributed by atoms with Crippen LogP contribution in [0.4, 0.5) is 4.39 Å². The minimum Gasteiger partial charge on any atom is -0.497 e. The summed E-state index contributed by atoms with van der Waals surface area (Å²) in [6.07, 6.45) is 2.04. The summed E-state index contributed by atoms with van der Waals surface area (Å²) in [6.45, 7) is 4.15. The van der Waals surface area contributed by atoms with Crippen molar-refractivity contribution >= 4 is 11.8 Å². The summed E-state index contributed by atoms with van der Waals surface area (Å²) in [5, 5.41) is 0. The Morgan fingerprint density at radius 3 is 2.47 bits per heavy atom. The molecule has 158 valence electrons. The van der Waals surface area contributed by atoms with Crippen LogP contribution in [0.2, 0.25) is 0 Å². The lowest BCUT2D eigenvalue weighted by Crippen LogP contribution is -2.44. The number of methoxy groups -OCH3 is 1. The van der Waals surface area contributed by atoms with E-state index in [9.17, 15) is 14.0 Å². The molecular weight excluding hydrogens is 383 g/mol. The SMILES string of the molecule is COc1ccc(CN2CC3(CCN(C(=O)c4c(C)cccc4F)CC3)CC2=O)cc1. The second-order valence-electron chi connectivity index (χ2n) is 8.50. The first-order valence-electron chi connectivity index (χ1n) is 10.4. The number of nitrogens with zero attached hydrogens (tertiary/aromatic N) is 2. The van der Waals surface area contributed by atoms with E-state index < -0.39 is 5.82 Å². The Kier molecular flexibility index (Phi) is 5.50. The zero-order chi connectivity index (χ0) is 21.3. The summed E-state index contributed by atoms with van der Waals surface area (Å²) in [6, 6.07) is 12.5. The molecule has 0 aromatic heterocycles. The number of likely N-dealkylation sites (tertiary alicyclic amines) is 2. The van der Waals surface area contributed by atoms with E-state index in [4.69, 9.17) is 4.74 Å². The van der Waals surface area contributed by atoms with Gasteiger partial charge >= 0.3 is 0 Å². The van der Waals surface area contributed by atoms with Crippen molar-refractivity contribution in [3.63, 3.8) is 0 Å². The highest BCUT2D eigenvalue weighted by Gasteiger charge is 2.45. The molecule has 0 aliphatic carbocycles. The number of rotatable bonds is 4. The topological polar surface area (TPSA) is 49.9 Å². The smallest absolute Gasteiger partial charge is 0.257 e. The van der Waals surface area contributed by atoms with Gasteiger partial charge in [0, 0.05) is 38.0 Å². The molecule has 0 N–H and O–H groups in total. The molecule has 2 aliphatic heterocycles. The van der Waals surface area contributed by atoms with Crippen LogP contribution in [0.1, 0.15) is 40.7 Å². The largest absolute Gasteiger partial charge is 0.497 e. The van der Waals surface area contributed by atoms with Gasteiger partial charge in [0.1, 0.15) is 11.6 Å². The minimum absolute atomic E-state index is 0.0926. The van der Waals surface area contributed by atoms with Crippen LogP contribution in [-0.2, 0) is 11.3 Å². The zero-order valence-corrected chi connectivity index (χ0v) is 17.5. The van der Waals surface area contributed by atoms with Crippen LogP contribution < -0.4 is 4.74 Å². The molecule has 2 aromatic carbocycles. The highest BCUT2D eigenvalue weighted by molar-refractivity contribution is 5.96. The molecule has 1 spiro atoms. The second kappa shape index (κ2) is 8.09. The Hall–Kier alpha value is -2.89. The number of piperidine rings is 1. The van der Waals surface area contributed by atoms with E-state index in [2.05, 4.69) is 0 Å². The van der Waals surface area contributed by atoms with Gasteiger partial charge in [-0.3, -0.25) is 9.59 Å². The van der Waals surface area contributed by atoms with Gasteiger partial charge < -0.3 is 14.5 Å². The molecule has 2 aliphatic rings.